The molecule has 2 unspecified atom stereocenters. The van der Waals surface area contributed by atoms with Crippen LogP contribution in [0.15, 0.2) is 0 Å². The summed E-state index contributed by atoms with van der Waals surface area (Å²) in [6.45, 7) is 43.8. The van der Waals surface area contributed by atoms with E-state index in [9.17, 15) is 0 Å². The largest absolute Gasteiger partial charge is 0.373 e. The van der Waals surface area contributed by atoms with Crippen LogP contribution in [0, 0.1) is 50.2 Å². The van der Waals surface area contributed by atoms with Crippen LogP contribution in [-0.4, -0.2) is 44.9 Å². The molecule has 0 bridgehead atoms. The van der Waals surface area contributed by atoms with Crippen molar-refractivity contribution in [2.75, 3.05) is 26.4 Å². The third kappa shape index (κ3) is 13.9. The van der Waals surface area contributed by atoms with Crippen LogP contribution in [0.3, 0.4) is 0 Å². The molecule has 3 fully saturated rings. The highest BCUT2D eigenvalue weighted by molar-refractivity contribution is 4.85. The Hall–Kier alpha value is -0.160. The van der Waals surface area contributed by atoms with E-state index < -0.39 is 0 Å². The molecule has 4 heteroatoms. The molecule has 2 heterocycles. The molecule has 2 atom stereocenters. The summed E-state index contributed by atoms with van der Waals surface area (Å²) in [6, 6.07) is 0. The third-order valence-electron chi connectivity index (χ3n) is 9.84. The molecule has 1 aliphatic carbocycles. The lowest BCUT2D eigenvalue weighted by Crippen LogP contribution is -2.47. The molecule has 3 aliphatic rings. The van der Waals surface area contributed by atoms with Gasteiger partial charge in [-0.3, -0.25) is 0 Å². The van der Waals surface area contributed by atoms with Gasteiger partial charge in [-0.1, -0.05) is 125 Å². The van der Waals surface area contributed by atoms with Crippen LogP contribution >= 0.6 is 0 Å². The van der Waals surface area contributed by atoms with Crippen LogP contribution in [0.2, 0.25) is 0 Å². The molecule has 0 aromatic heterocycles. The standard InChI is InChI=1S/C14H28.2C12H24O2/c1-13(2,3)11-7-9-12(10-8-11)14(4,5)6;1-11(2,3)9-7-14-10(8-13-9)12(4,5)6;1-11(2,3)9-7-13-10(14-8-9)12(4,5)6/h11-12H,7-10H2,1-6H3;2*9-10H,7-8H2,1-6H3. The summed E-state index contributed by atoms with van der Waals surface area (Å²) in [5, 5.41) is 0. The van der Waals surface area contributed by atoms with Crippen LogP contribution in [-0.2, 0) is 18.9 Å². The normalized spacial score (nSPS) is 30.4. The zero-order valence-corrected chi connectivity index (χ0v) is 31.8. The second-order valence-corrected chi connectivity index (χ2v) is 20.1. The second-order valence-electron chi connectivity index (χ2n) is 20.1. The fraction of sp³-hybridized carbons (Fsp3) is 1.00. The van der Waals surface area contributed by atoms with Crippen LogP contribution in [0.4, 0.5) is 0 Å². The van der Waals surface area contributed by atoms with Crippen LogP contribution in [0.1, 0.15) is 150 Å². The molecule has 2 aliphatic heterocycles. The van der Waals surface area contributed by atoms with Gasteiger partial charge in [0.15, 0.2) is 6.29 Å². The Labute approximate surface area is 264 Å². The molecule has 252 valence electrons. The van der Waals surface area contributed by atoms with Crippen LogP contribution in [0.25, 0.3) is 0 Å². The lowest BCUT2D eigenvalue weighted by molar-refractivity contribution is -0.253. The Balaban J connectivity index is 0.000000315. The summed E-state index contributed by atoms with van der Waals surface area (Å²) in [6.07, 6.45) is 6.23. The molecule has 0 N–H and O–H groups in total. The van der Waals surface area contributed by atoms with Gasteiger partial charge in [-0.15, -0.1) is 0 Å². The number of hydrogen-bond acceptors (Lipinski definition) is 4. The van der Waals surface area contributed by atoms with Crippen molar-refractivity contribution in [3.8, 4) is 0 Å². The summed E-state index contributed by atoms with van der Waals surface area (Å²) < 4.78 is 23.2. The first-order valence-electron chi connectivity index (χ1n) is 17.1. The maximum atomic E-state index is 5.86. The summed E-state index contributed by atoms with van der Waals surface area (Å²) in [7, 11) is 0. The van der Waals surface area contributed by atoms with Gasteiger partial charge in [0.2, 0.25) is 0 Å². The van der Waals surface area contributed by atoms with Gasteiger partial charge in [0.05, 0.1) is 38.6 Å². The van der Waals surface area contributed by atoms with Gasteiger partial charge >= 0.3 is 0 Å². The van der Waals surface area contributed by atoms with Gasteiger partial charge in [0.1, 0.15) is 0 Å². The van der Waals surface area contributed by atoms with Gasteiger partial charge in [0.25, 0.3) is 0 Å². The van der Waals surface area contributed by atoms with Gasteiger partial charge in [-0.05, 0) is 64.6 Å². The smallest absolute Gasteiger partial charge is 0.162 e. The molecule has 0 radical (unpaired) electrons. The van der Waals surface area contributed by atoms with E-state index in [1.54, 1.807) is 0 Å². The third-order valence-corrected chi connectivity index (χ3v) is 9.84. The molecular weight excluding hydrogens is 520 g/mol. The van der Waals surface area contributed by atoms with E-state index in [1.807, 2.05) is 0 Å². The van der Waals surface area contributed by atoms with E-state index in [0.717, 1.165) is 38.3 Å². The SMILES string of the molecule is CC(C)(C)C1CCC(C(C)(C)C)CC1.CC(C)(C)C1COC(C(C)(C)C)CO1.CC(C)(C)C1COC(C(C)(C)C)OC1. The predicted molar refractivity (Wildman–Crippen MR) is 181 cm³/mol. The van der Waals surface area contributed by atoms with E-state index >= 15 is 0 Å². The molecule has 0 aromatic carbocycles. The summed E-state index contributed by atoms with van der Waals surface area (Å²) in [4.78, 5) is 0. The minimum absolute atomic E-state index is 0.0406. The fourth-order valence-electron chi connectivity index (χ4n) is 5.83. The molecule has 0 aromatic rings. The zero-order chi connectivity index (χ0) is 32.9. The van der Waals surface area contributed by atoms with Gasteiger partial charge in [-0.25, -0.2) is 0 Å². The number of hydrogen-bond donors (Lipinski definition) is 0. The minimum Gasteiger partial charge on any atom is -0.373 e. The van der Waals surface area contributed by atoms with E-state index in [1.165, 1.54) is 25.7 Å². The van der Waals surface area contributed by atoms with Crippen molar-refractivity contribution in [2.45, 2.75) is 169 Å². The Morgan fingerprint density at radius 3 is 0.786 bits per heavy atom. The van der Waals surface area contributed by atoms with E-state index in [-0.39, 0.29) is 40.2 Å². The van der Waals surface area contributed by atoms with Crippen molar-refractivity contribution >= 4 is 0 Å². The van der Waals surface area contributed by atoms with Crippen molar-refractivity contribution in [1.82, 2.24) is 0 Å². The minimum atomic E-state index is -0.0406. The van der Waals surface area contributed by atoms with E-state index in [2.05, 4.69) is 125 Å². The highest BCUT2D eigenvalue weighted by atomic mass is 16.7. The van der Waals surface area contributed by atoms with Crippen molar-refractivity contribution < 1.29 is 18.9 Å². The van der Waals surface area contributed by atoms with Crippen LogP contribution < -0.4 is 0 Å². The summed E-state index contributed by atoms with van der Waals surface area (Å²) >= 11 is 0. The van der Waals surface area contributed by atoms with Crippen LogP contribution in [0.5, 0.6) is 0 Å². The number of rotatable bonds is 0. The molecule has 0 spiro atoms. The highest BCUT2D eigenvalue weighted by Crippen LogP contribution is 2.45. The predicted octanol–water partition coefficient (Wildman–Crippen LogP) is 10.8. The van der Waals surface area contributed by atoms with Crippen molar-refractivity contribution in [1.29, 1.82) is 0 Å². The molecule has 3 rings (SSSR count). The molecule has 42 heavy (non-hydrogen) atoms. The Kier molecular flexibility index (Phi) is 14.2. The maximum absolute atomic E-state index is 5.86. The lowest BCUT2D eigenvalue weighted by atomic mass is 9.64. The summed E-state index contributed by atoms with van der Waals surface area (Å²) in [5.41, 5.74) is 1.79. The molecule has 4 nitrogen and oxygen atoms in total. The fourth-order valence-corrected chi connectivity index (χ4v) is 5.83. The second kappa shape index (κ2) is 15.0. The zero-order valence-electron chi connectivity index (χ0n) is 31.8. The van der Waals surface area contributed by atoms with E-state index in [4.69, 9.17) is 18.9 Å². The first-order chi connectivity index (χ1) is 18.6. The maximum Gasteiger partial charge on any atom is 0.162 e. The summed E-state index contributed by atoms with van der Waals surface area (Å²) in [5.74, 6) is 2.43. The van der Waals surface area contributed by atoms with E-state index in [0.29, 0.717) is 16.7 Å². The topological polar surface area (TPSA) is 36.9 Å². The Morgan fingerprint density at radius 2 is 0.595 bits per heavy atom. The monoisotopic (exact) mass is 597 g/mol. The average molecular weight is 597 g/mol. The lowest BCUT2D eigenvalue weighted by Gasteiger charge is -2.41. The van der Waals surface area contributed by atoms with Gasteiger partial charge in [0, 0.05) is 11.3 Å². The molecule has 0 amide bonds. The number of ether oxygens (including phenoxy) is 4. The van der Waals surface area contributed by atoms with Gasteiger partial charge < -0.3 is 18.9 Å². The van der Waals surface area contributed by atoms with Crippen molar-refractivity contribution in [2.24, 2.45) is 50.2 Å². The Bertz CT molecular complexity index is 565. The average Bonchev–Trinajstić information content (AvgIpc) is 2.82. The highest BCUT2D eigenvalue weighted by Gasteiger charge is 2.37. The Morgan fingerprint density at radius 1 is 0.310 bits per heavy atom. The molecular formula is C38H76O4. The van der Waals surface area contributed by atoms with Gasteiger partial charge in [-0.2, -0.15) is 0 Å². The molecule has 1 saturated carbocycles. The van der Waals surface area contributed by atoms with Crippen molar-refractivity contribution in [3.63, 3.8) is 0 Å². The molecule has 2 saturated heterocycles. The quantitative estimate of drug-likeness (QED) is 0.279. The first-order valence-corrected chi connectivity index (χ1v) is 17.1. The first kappa shape index (κ1) is 39.9. The van der Waals surface area contributed by atoms with Crippen molar-refractivity contribution in [3.05, 3.63) is 0 Å².